The number of rotatable bonds is 3. The number of nitrogens with one attached hydrogen (secondary N) is 2. The first-order chi connectivity index (χ1) is 8.10. The number of benzene rings is 1. The highest BCUT2D eigenvalue weighted by Gasteiger charge is 2.24. The third kappa shape index (κ3) is 2.52. The van der Waals surface area contributed by atoms with E-state index in [4.69, 9.17) is 4.74 Å². The Morgan fingerprint density at radius 3 is 2.82 bits per heavy atom. The molecule has 2 N–H and O–H groups in total. The molecule has 0 saturated carbocycles. The number of fused-ring (bicyclic) bond motifs is 1. The van der Waals surface area contributed by atoms with Crippen LogP contribution in [0.15, 0.2) is 18.2 Å². The Bertz CT molecular complexity index is 429. The van der Waals surface area contributed by atoms with Gasteiger partial charge in [-0.25, -0.2) is 4.79 Å². The van der Waals surface area contributed by atoms with Gasteiger partial charge in [-0.2, -0.15) is 0 Å². The summed E-state index contributed by atoms with van der Waals surface area (Å²) in [5, 5.41) is 5.76. The number of hydrogen-bond donors (Lipinski definition) is 2. The Morgan fingerprint density at radius 1 is 1.41 bits per heavy atom. The Morgan fingerprint density at radius 2 is 2.18 bits per heavy atom. The van der Waals surface area contributed by atoms with Crippen molar-refractivity contribution in [3.63, 3.8) is 0 Å². The molecule has 17 heavy (non-hydrogen) atoms. The Hall–Kier alpha value is -1.71. The summed E-state index contributed by atoms with van der Waals surface area (Å²) in [5.74, 6) is 1.29. The van der Waals surface area contributed by atoms with Crippen LogP contribution in [0, 0.1) is 5.92 Å². The maximum absolute atomic E-state index is 11.6. The van der Waals surface area contributed by atoms with Crippen molar-refractivity contribution >= 4 is 11.7 Å². The molecule has 4 heteroatoms. The van der Waals surface area contributed by atoms with Crippen LogP contribution in [0.3, 0.4) is 0 Å². The highest BCUT2D eigenvalue weighted by Crippen LogP contribution is 2.33. The first-order valence-corrected chi connectivity index (χ1v) is 5.85. The SMILES string of the molecule is COc1ccc2c(c1)NC(=O)NC2CC(C)C. The normalized spacial score (nSPS) is 18.4. The molecule has 1 aromatic rings. The summed E-state index contributed by atoms with van der Waals surface area (Å²) < 4.78 is 5.16. The molecule has 1 aliphatic heterocycles. The van der Waals surface area contributed by atoms with Crippen molar-refractivity contribution in [3.05, 3.63) is 23.8 Å². The summed E-state index contributed by atoms with van der Waals surface area (Å²) in [5.41, 5.74) is 1.97. The smallest absolute Gasteiger partial charge is 0.319 e. The van der Waals surface area contributed by atoms with Crippen molar-refractivity contribution in [2.75, 3.05) is 12.4 Å². The van der Waals surface area contributed by atoms with Gasteiger partial charge in [0.05, 0.1) is 18.8 Å². The number of ether oxygens (including phenoxy) is 1. The first kappa shape index (κ1) is 11.8. The lowest BCUT2D eigenvalue weighted by atomic mass is 9.94. The molecule has 1 heterocycles. The first-order valence-electron chi connectivity index (χ1n) is 5.85. The van der Waals surface area contributed by atoms with Crippen LogP contribution >= 0.6 is 0 Å². The second kappa shape index (κ2) is 4.65. The third-order valence-electron chi connectivity index (χ3n) is 2.90. The summed E-state index contributed by atoms with van der Waals surface area (Å²) in [6.07, 6.45) is 0.937. The average molecular weight is 234 g/mol. The summed E-state index contributed by atoms with van der Waals surface area (Å²) >= 11 is 0. The van der Waals surface area contributed by atoms with Crippen molar-refractivity contribution in [2.45, 2.75) is 26.3 Å². The predicted octanol–water partition coefficient (Wildman–Crippen LogP) is 2.92. The summed E-state index contributed by atoms with van der Waals surface area (Å²) in [4.78, 5) is 11.6. The molecule has 1 aromatic carbocycles. The number of carbonyl (C=O) groups is 1. The molecule has 2 rings (SSSR count). The number of hydrogen-bond acceptors (Lipinski definition) is 2. The van der Waals surface area contributed by atoms with Gasteiger partial charge in [0, 0.05) is 6.07 Å². The van der Waals surface area contributed by atoms with Gasteiger partial charge in [0.1, 0.15) is 5.75 Å². The van der Waals surface area contributed by atoms with E-state index in [1.54, 1.807) is 7.11 Å². The van der Waals surface area contributed by atoms with E-state index in [1.165, 1.54) is 0 Å². The number of amides is 2. The molecule has 4 nitrogen and oxygen atoms in total. The zero-order valence-corrected chi connectivity index (χ0v) is 10.4. The fourth-order valence-electron chi connectivity index (χ4n) is 2.13. The van der Waals surface area contributed by atoms with Crippen molar-refractivity contribution in [2.24, 2.45) is 5.92 Å². The standard InChI is InChI=1S/C13H18N2O2/c1-8(2)6-11-10-5-4-9(17-3)7-12(10)15-13(16)14-11/h4-5,7-8,11H,6H2,1-3H3,(H2,14,15,16). The Balaban J connectivity index is 2.33. The van der Waals surface area contributed by atoms with Gasteiger partial charge in [0.2, 0.25) is 0 Å². The topological polar surface area (TPSA) is 50.4 Å². The minimum Gasteiger partial charge on any atom is -0.497 e. The molecule has 0 fully saturated rings. The van der Waals surface area contributed by atoms with Crippen LogP contribution in [0.5, 0.6) is 5.75 Å². The average Bonchev–Trinajstić information content (AvgIpc) is 2.27. The second-order valence-corrected chi connectivity index (χ2v) is 4.73. The number of methoxy groups -OCH3 is 1. The van der Waals surface area contributed by atoms with Crippen molar-refractivity contribution in [3.8, 4) is 5.75 Å². The van der Waals surface area contributed by atoms with Crippen molar-refractivity contribution in [1.82, 2.24) is 5.32 Å². The molecular formula is C13H18N2O2. The number of urea groups is 1. The molecule has 0 spiro atoms. The van der Waals surface area contributed by atoms with Crippen molar-refractivity contribution < 1.29 is 9.53 Å². The quantitative estimate of drug-likeness (QED) is 0.844. The Labute approximate surface area is 101 Å². The summed E-state index contributed by atoms with van der Waals surface area (Å²) in [7, 11) is 1.62. The van der Waals surface area contributed by atoms with Crippen LogP contribution in [-0.2, 0) is 0 Å². The van der Waals surface area contributed by atoms with E-state index in [-0.39, 0.29) is 12.1 Å². The van der Waals surface area contributed by atoms with Gasteiger partial charge in [0.15, 0.2) is 0 Å². The van der Waals surface area contributed by atoms with E-state index >= 15 is 0 Å². The maximum Gasteiger partial charge on any atom is 0.319 e. The lowest BCUT2D eigenvalue weighted by Crippen LogP contribution is -2.38. The molecule has 0 aliphatic carbocycles. The molecular weight excluding hydrogens is 216 g/mol. The molecule has 0 aromatic heterocycles. The number of carbonyl (C=O) groups excluding carboxylic acids is 1. The fraction of sp³-hybridized carbons (Fsp3) is 0.462. The van der Waals surface area contributed by atoms with Gasteiger partial charge >= 0.3 is 6.03 Å². The molecule has 0 radical (unpaired) electrons. The zero-order valence-electron chi connectivity index (χ0n) is 10.4. The molecule has 92 valence electrons. The van der Waals surface area contributed by atoms with Crippen LogP contribution in [0.1, 0.15) is 31.9 Å². The van der Waals surface area contributed by atoms with Crippen LogP contribution in [0.4, 0.5) is 10.5 Å². The molecule has 0 bridgehead atoms. The van der Waals surface area contributed by atoms with Crippen LogP contribution < -0.4 is 15.4 Å². The largest absolute Gasteiger partial charge is 0.497 e. The van der Waals surface area contributed by atoms with Gasteiger partial charge in [-0.1, -0.05) is 19.9 Å². The molecule has 1 aliphatic rings. The van der Waals surface area contributed by atoms with E-state index in [0.717, 1.165) is 23.4 Å². The van der Waals surface area contributed by atoms with Crippen LogP contribution in [-0.4, -0.2) is 13.1 Å². The lowest BCUT2D eigenvalue weighted by molar-refractivity contribution is 0.245. The highest BCUT2D eigenvalue weighted by molar-refractivity contribution is 5.93. The van der Waals surface area contributed by atoms with E-state index in [0.29, 0.717) is 5.92 Å². The Kier molecular flexibility index (Phi) is 3.22. The van der Waals surface area contributed by atoms with Crippen LogP contribution in [0.2, 0.25) is 0 Å². The van der Waals surface area contributed by atoms with E-state index in [2.05, 4.69) is 24.5 Å². The van der Waals surface area contributed by atoms with Gasteiger partial charge in [-0.15, -0.1) is 0 Å². The monoisotopic (exact) mass is 234 g/mol. The van der Waals surface area contributed by atoms with Gasteiger partial charge in [-0.3, -0.25) is 0 Å². The van der Waals surface area contributed by atoms with Gasteiger partial charge in [0.25, 0.3) is 0 Å². The fourth-order valence-corrected chi connectivity index (χ4v) is 2.13. The zero-order chi connectivity index (χ0) is 12.4. The molecule has 0 saturated heterocycles. The summed E-state index contributed by atoms with van der Waals surface area (Å²) in [6.45, 7) is 4.30. The second-order valence-electron chi connectivity index (χ2n) is 4.73. The van der Waals surface area contributed by atoms with Gasteiger partial charge < -0.3 is 15.4 Å². The summed E-state index contributed by atoms with van der Waals surface area (Å²) in [6, 6.07) is 5.74. The predicted molar refractivity (Wildman–Crippen MR) is 67.3 cm³/mol. The molecule has 2 amide bonds. The van der Waals surface area contributed by atoms with E-state index in [9.17, 15) is 4.79 Å². The van der Waals surface area contributed by atoms with Crippen molar-refractivity contribution in [1.29, 1.82) is 0 Å². The minimum atomic E-state index is -0.142. The number of anilines is 1. The highest BCUT2D eigenvalue weighted by atomic mass is 16.5. The minimum absolute atomic E-state index is 0.0876. The third-order valence-corrected chi connectivity index (χ3v) is 2.90. The van der Waals surface area contributed by atoms with E-state index in [1.807, 2.05) is 18.2 Å². The maximum atomic E-state index is 11.6. The van der Waals surface area contributed by atoms with E-state index < -0.39 is 0 Å². The molecule has 1 unspecified atom stereocenters. The molecule has 1 atom stereocenters. The van der Waals surface area contributed by atoms with Gasteiger partial charge in [-0.05, 0) is 24.0 Å². The lowest BCUT2D eigenvalue weighted by Gasteiger charge is -2.28. The van der Waals surface area contributed by atoms with Crippen LogP contribution in [0.25, 0.3) is 0 Å².